The summed E-state index contributed by atoms with van der Waals surface area (Å²) in [5.41, 5.74) is 0. The molecule has 0 heterocycles. The highest BCUT2D eigenvalue weighted by atomic mass is 14.4. The van der Waals surface area contributed by atoms with Gasteiger partial charge in [0.15, 0.2) is 0 Å². The zero-order chi connectivity index (χ0) is 10.2. The predicted molar refractivity (Wildman–Crippen MR) is 64.5 cm³/mol. The minimum Gasteiger partial charge on any atom is -0.0654 e. The Morgan fingerprint density at radius 1 is 0.714 bits per heavy atom. The van der Waals surface area contributed by atoms with Gasteiger partial charge >= 0.3 is 0 Å². The van der Waals surface area contributed by atoms with Gasteiger partial charge in [-0.25, -0.2) is 0 Å². The lowest BCUT2D eigenvalue weighted by Gasteiger charge is -2.00. The van der Waals surface area contributed by atoms with Crippen LogP contribution in [0.4, 0.5) is 0 Å². The first-order chi connectivity index (χ1) is 6.88. The average molecular weight is 196 g/mol. The summed E-state index contributed by atoms with van der Waals surface area (Å²) >= 11 is 0. The van der Waals surface area contributed by atoms with E-state index in [9.17, 15) is 0 Å². The number of unbranched alkanes of at least 4 members (excludes halogenated alkanes) is 5. The molecule has 0 bridgehead atoms. The van der Waals surface area contributed by atoms with E-state index in [1.807, 2.05) is 0 Å². The van der Waals surface area contributed by atoms with Crippen molar-refractivity contribution in [2.75, 3.05) is 0 Å². The molecular weight excluding hydrogens is 168 g/mol. The fourth-order valence-electron chi connectivity index (χ4n) is 2.49. The molecule has 0 aromatic heterocycles. The third-order valence-corrected chi connectivity index (χ3v) is 3.68. The van der Waals surface area contributed by atoms with Crippen LogP contribution in [0.2, 0.25) is 0 Å². The SMILES string of the molecule is CCCCCCCC1CC1CCCC. The normalized spacial score (nSPS) is 25.3. The quantitative estimate of drug-likeness (QED) is 0.446. The first-order valence-corrected chi connectivity index (χ1v) is 6.88. The largest absolute Gasteiger partial charge is 0.0654 e. The van der Waals surface area contributed by atoms with Crippen molar-refractivity contribution < 1.29 is 0 Å². The smallest absolute Gasteiger partial charge is 0.0383 e. The number of hydrogen-bond acceptors (Lipinski definition) is 0. The van der Waals surface area contributed by atoms with Crippen LogP contribution in [0.3, 0.4) is 0 Å². The molecule has 14 heavy (non-hydrogen) atoms. The van der Waals surface area contributed by atoms with Crippen molar-refractivity contribution in [2.45, 2.75) is 78.1 Å². The molecule has 2 unspecified atom stereocenters. The van der Waals surface area contributed by atoms with E-state index in [1.165, 1.54) is 57.8 Å². The minimum absolute atomic E-state index is 1.14. The Morgan fingerprint density at radius 2 is 1.29 bits per heavy atom. The molecule has 0 amide bonds. The van der Waals surface area contributed by atoms with E-state index in [0.29, 0.717) is 0 Å². The van der Waals surface area contributed by atoms with E-state index in [4.69, 9.17) is 0 Å². The standard InChI is InChI=1S/C14H28/c1-3-5-7-8-9-11-14-12-13(14)10-6-4-2/h13-14H,3-12H2,1-2H3. The summed E-state index contributed by atoms with van der Waals surface area (Å²) in [5.74, 6) is 2.28. The molecule has 1 fully saturated rings. The first-order valence-electron chi connectivity index (χ1n) is 6.88. The van der Waals surface area contributed by atoms with Gasteiger partial charge in [-0.3, -0.25) is 0 Å². The minimum atomic E-state index is 1.14. The zero-order valence-electron chi connectivity index (χ0n) is 10.2. The highest BCUT2D eigenvalue weighted by molar-refractivity contribution is 4.85. The summed E-state index contributed by atoms with van der Waals surface area (Å²) in [5, 5.41) is 0. The predicted octanol–water partition coefficient (Wildman–Crippen LogP) is 5.17. The Hall–Kier alpha value is 0. The maximum atomic E-state index is 2.31. The summed E-state index contributed by atoms with van der Waals surface area (Å²) in [6.45, 7) is 4.60. The molecule has 0 aromatic rings. The van der Waals surface area contributed by atoms with Crippen molar-refractivity contribution in [3.63, 3.8) is 0 Å². The highest BCUT2D eigenvalue weighted by Gasteiger charge is 2.34. The van der Waals surface area contributed by atoms with Gasteiger partial charge in [0.1, 0.15) is 0 Å². The van der Waals surface area contributed by atoms with Crippen molar-refractivity contribution in [1.29, 1.82) is 0 Å². The van der Waals surface area contributed by atoms with E-state index in [-0.39, 0.29) is 0 Å². The lowest BCUT2D eigenvalue weighted by Crippen LogP contribution is -1.85. The molecule has 0 saturated heterocycles. The topological polar surface area (TPSA) is 0 Å². The molecule has 1 rings (SSSR count). The lowest BCUT2D eigenvalue weighted by atomic mass is 10.1. The second kappa shape index (κ2) is 7.31. The molecule has 2 atom stereocenters. The summed E-state index contributed by atoms with van der Waals surface area (Å²) < 4.78 is 0. The van der Waals surface area contributed by atoms with Gasteiger partial charge in [0.05, 0.1) is 0 Å². The Kier molecular flexibility index (Phi) is 6.31. The highest BCUT2D eigenvalue weighted by Crippen LogP contribution is 2.45. The fourth-order valence-corrected chi connectivity index (χ4v) is 2.49. The second-order valence-electron chi connectivity index (χ2n) is 5.10. The van der Waals surface area contributed by atoms with Gasteiger partial charge < -0.3 is 0 Å². The van der Waals surface area contributed by atoms with Gasteiger partial charge in [0.25, 0.3) is 0 Å². The van der Waals surface area contributed by atoms with Crippen LogP contribution >= 0.6 is 0 Å². The van der Waals surface area contributed by atoms with Gasteiger partial charge in [0, 0.05) is 0 Å². The molecule has 0 spiro atoms. The van der Waals surface area contributed by atoms with Gasteiger partial charge in [-0.2, -0.15) is 0 Å². The maximum Gasteiger partial charge on any atom is -0.0383 e. The third kappa shape index (κ3) is 5.02. The van der Waals surface area contributed by atoms with Crippen molar-refractivity contribution >= 4 is 0 Å². The van der Waals surface area contributed by atoms with Crippen LogP contribution in [0, 0.1) is 11.8 Å². The first kappa shape index (κ1) is 12.1. The van der Waals surface area contributed by atoms with Crippen LogP contribution in [0.15, 0.2) is 0 Å². The molecule has 0 radical (unpaired) electrons. The van der Waals surface area contributed by atoms with Crippen molar-refractivity contribution in [3.8, 4) is 0 Å². The van der Waals surface area contributed by atoms with Crippen molar-refractivity contribution in [1.82, 2.24) is 0 Å². The molecule has 0 nitrogen and oxygen atoms in total. The van der Waals surface area contributed by atoms with Gasteiger partial charge in [0.2, 0.25) is 0 Å². The summed E-state index contributed by atoms with van der Waals surface area (Å²) in [7, 11) is 0. The van der Waals surface area contributed by atoms with E-state index in [2.05, 4.69) is 13.8 Å². The zero-order valence-corrected chi connectivity index (χ0v) is 10.2. The Balaban J connectivity index is 1.80. The molecule has 1 saturated carbocycles. The van der Waals surface area contributed by atoms with E-state index >= 15 is 0 Å². The Bertz CT molecular complexity index is 128. The molecule has 0 heteroatoms. The molecule has 0 N–H and O–H groups in total. The monoisotopic (exact) mass is 196 g/mol. The molecule has 0 aromatic carbocycles. The van der Waals surface area contributed by atoms with Gasteiger partial charge in [-0.1, -0.05) is 71.6 Å². The maximum absolute atomic E-state index is 2.31. The third-order valence-electron chi connectivity index (χ3n) is 3.68. The number of rotatable bonds is 9. The van der Waals surface area contributed by atoms with Crippen molar-refractivity contribution in [3.05, 3.63) is 0 Å². The Morgan fingerprint density at radius 3 is 1.93 bits per heavy atom. The van der Waals surface area contributed by atoms with Gasteiger partial charge in [-0.15, -0.1) is 0 Å². The van der Waals surface area contributed by atoms with Crippen LogP contribution in [-0.4, -0.2) is 0 Å². The van der Waals surface area contributed by atoms with Crippen LogP contribution in [0.1, 0.15) is 78.1 Å². The molecule has 1 aliphatic carbocycles. The molecular formula is C14H28. The molecule has 0 aliphatic heterocycles. The number of hydrogen-bond donors (Lipinski definition) is 0. The van der Waals surface area contributed by atoms with Crippen molar-refractivity contribution in [2.24, 2.45) is 11.8 Å². The Labute approximate surface area is 90.5 Å². The van der Waals surface area contributed by atoms with Crippen LogP contribution < -0.4 is 0 Å². The van der Waals surface area contributed by atoms with E-state index in [0.717, 1.165) is 11.8 Å². The lowest BCUT2D eigenvalue weighted by molar-refractivity contribution is 0.534. The van der Waals surface area contributed by atoms with Crippen LogP contribution in [-0.2, 0) is 0 Å². The molecule has 1 aliphatic rings. The fraction of sp³-hybridized carbons (Fsp3) is 1.00. The second-order valence-corrected chi connectivity index (χ2v) is 5.10. The van der Waals surface area contributed by atoms with E-state index in [1.54, 1.807) is 6.42 Å². The summed E-state index contributed by atoms with van der Waals surface area (Å²) in [4.78, 5) is 0. The van der Waals surface area contributed by atoms with E-state index < -0.39 is 0 Å². The molecule has 84 valence electrons. The van der Waals surface area contributed by atoms with Gasteiger partial charge in [-0.05, 0) is 18.3 Å². The van der Waals surface area contributed by atoms with Crippen LogP contribution in [0.25, 0.3) is 0 Å². The summed E-state index contributed by atoms with van der Waals surface area (Å²) in [6.07, 6.45) is 14.8. The van der Waals surface area contributed by atoms with Crippen LogP contribution in [0.5, 0.6) is 0 Å². The summed E-state index contributed by atoms with van der Waals surface area (Å²) in [6, 6.07) is 0. The average Bonchev–Trinajstić information content (AvgIpc) is 2.93.